The van der Waals surface area contributed by atoms with Gasteiger partial charge in [-0.15, -0.1) is 0 Å². The van der Waals surface area contributed by atoms with Crippen molar-refractivity contribution < 1.29 is 4.79 Å². The third-order valence-corrected chi connectivity index (χ3v) is 3.94. The number of aromatic nitrogens is 1. The van der Waals surface area contributed by atoms with Crippen molar-refractivity contribution in [1.29, 1.82) is 5.26 Å². The quantitative estimate of drug-likeness (QED) is 0.853. The zero-order valence-corrected chi connectivity index (χ0v) is 12.3. The molecule has 1 aromatic heterocycles. The first-order valence-corrected chi connectivity index (χ1v) is 7.54. The van der Waals surface area contributed by atoms with Gasteiger partial charge in [0, 0.05) is 30.4 Å². The molecule has 22 heavy (non-hydrogen) atoms. The minimum atomic E-state index is 0.0692. The predicted octanol–water partition coefficient (Wildman–Crippen LogP) is 3.25. The van der Waals surface area contributed by atoms with E-state index in [0.29, 0.717) is 11.1 Å². The molecule has 0 spiro atoms. The van der Waals surface area contributed by atoms with Crippen LogP contribution < -0.4 is 0 Å². The zero-order valence-electron chi connectivity index (χ0n) is 12.3. The van der Waals surface area contributed by atoms with Crippen LogP contribution in [0.2, 0.25) is 0 Å². The number of amides is 1. The number of nitriles is 1. The molecule has 2 aromatic rings. The Hall–Kier alpha value is -2.67. The van der Waals surface area contributed by atoms with Crippen LogP contribution >= 0.6 is 0 Å². The molecule has 0 unspecified atom stereocenters. The van der Waals surface area contributed by atoms with Crippen LogP contribution in [0.15, 0.2) is 42.6 Å². The van der Waals surface area contributed by atoms with Gasteiger partial charge in [0.25, 0.3) is 5.91 Å². The lowest BCUT2D eigenvalue weighted by Crippen LogP contribution is -2.35. The minimum absolute atomic E-state index is 0.0692. The molecule has 1 amide bonds. The van der Waals surface area contributed by atoms with E-state index in [4.69, 9.17) is 5.26 Å². The van der Waals surface area contributed by atoms with Crippen LogP contribution in [0.5, 0.6) is 0 Å². The molecular weight excluding hydrogens is 274 g/mol. The van der Waals surface area contributed by atoms with Crippen LogP contribution in [0.25, 0.3) is 11.3 Å². The summed E-state index contributed by atoms with van der Waals surface area (Å²) in [5, 5.41) is 8.99. The highest BCUT2D eigenvalue weighted by atomic mass is 16.2. The number of hydrogen-bond donors (Lipinski definition) is 0. The first kappa shape index (κ1) is 14.3. The number of carbonyl (C=O) groups is 1. The van der Waals surface area contributed by atoms with Gasteiger partial charge in [-0.2, -0.15) is 5.26 Å². The molecule has 4 nitrogen and oxygen atoms in total. The molecule has 1 fully saturated rings. The Morgan fingerprint density at radius 1 is 1.14 bits per heavy atom. The topological polar surface area (TPSA) is 57.0 Å². The molecule has 2 heterocycles. The average Bonchev–Trinajstić information content (AvgIpc) is 2.62. The Balaban J connectivity index is 1.89. The molecular formula is C18H17N3O. The van der Waals surface area contributed by atoms with E-state index in [2.05, 4.69) is 11.1 Å². The van der Waals surface area contributed by atoms with E-state index in [0.717, 1.165) is 37.2 Å². The molecule has 1 aliphatic rings. The molecule has 0 N–H and O–H groups in total. The van der Waals surface area contributed by atoms with Crippen molar-refractivity contribution in [2.45, 2.75) is 19.3 Å². The second kappa shape index (κ2) is 6.40. The highest BCUT2D eigenvalue weighted by molar-refractivity contribution is 5.95. The van der Waals surface area contributed by atoms with Gasteiger partial charge in [0.2, 0.25) is 0 Å². The third-order valence-electron chi connectivity index (χ3n) is 3.94. The molecule has 0 atom stereocenters. The number of piperidine rings is 1. The molecule has 0 aliphatic carbocycles. The maximum atomic E-state index is 12.6. The number of rotatable bonds is 2. The van der Waals surface area contributed by atoms with Gasteiger partial charge in [-0.3, -0.25) is 9.78 Å². The fraction of sp³-hybridized carbons (Fsp3) is 0.278. The maximum Gasteiger partial charge on any atom is 0.253 e. The van der Waals surface area contributed by atoms with Crippen molar-refractivity contribution in [2.75, 3.05) is 13.1 Å². The SMILES string of the molecule is N#Cc1cccc(-c2cc(C(=O)N3CCCCC3)ccn2)c1. The summed E-state index contributed by atoms with van der Waals surface area (Å²) in [5.74, 6) is 0.0692. The normalized spacial score (nSPS) is 14.4. The van der Waals surface area contributed by atoms with E-state index < -0.39 is 0 Å². The molecule has 1 saturated heterocycles. The van der Waals surface area contributed by atoms with Crippen molar-refractivity contribution in [1.82, 2.24) is 9.88 Å². The fourth-order valence-electron chi connectivity index (χ4n) is 2.75. The largest absolute Gasteiger partial charge is 0.339 e. The van der Waals surface area contributed by atoms with E-state index in [1.165, 1.54) is 6.42 Å². The second-order valence-electron chi connectivity index (χ2n) is 5.48. The van der Waals surface area contributed by atoms with Crippen LogP contribution in [0.3, 0.4) is 0 Å². The summed E-state index contributed by atoms with van der Waals surface area (Å²) in [7, 11) is 0. The second-order valence-corrected chi connectivity index (χ2v) is 5.48. The lowest BCUT2D eigenvalue weighted by molar-refractivity contribution is 0.0724. The maximum absolute atomic E-state index is 12.6. The number of hydrogen-bond acceptors (Lipinski definition) is 3. The summed E-state index contributed by atoms with van der Waals surface area (Å²) in [6.07, 6.45) is 5.01. The summed E-state index contributed by atoms with van der Waals surface area (Å²) >= 11 is 0. The van der Waals surface area contributed by atoms with Gasteiger partial charge in [-0.05, 0) is 43.5 Å². The third kappa shape index (κ3) is 2.99. The summed E-state index contributed by atoms with van der Waals surface area (Å²) < 4.78 is 0. The van der Waals surface area contributed by atoms with E-state index in [1.54, 1.807) is 24.4 Å². The summed E-state index contributed by atoms with van der Waals surface area (Å²) in [6.45, 7) is 1.67. The summed E-state index contributed by atoms with van der Waals surface area (Å²) in [5.41, 5.74) is 2.83. The van der Waals surface area contributed by atoms with Crippen molar-refractivity contribution in [3.8, 4) is 17.3 Å². The highest BCUT2D eigenvalue weighted by Crippen LogP contribution is 2.20. The van der Waals surface area contributed by atoms with Gasteiger partial charge in [-0.1, -0.05) is 12.1 Å². The summed E-state index contributed by atoms with van der Waals surface area (Å²) in [4.78, 5) is 18.8. The Kier molecular flexibility index (Phi) is 4.15. The van der Waals surface area contributed by atoms with Crippen LogP contribution in [-0.2, 0) is 0 Å². The van der Waals surface area contributed by atoms with Crippen molar-refractivity contribution in [3.05, 3.63) is 53.7 Å². The first-order chi connectivity index (χ1) is 10.8. The molecule has 0 saturated carbocycles. The highest BCUT2D eigenvalue weighted by Gasteiger charge is 2.18. The van der Waals surface area contributed by atoms with Gasteiger partial charge in [0.1, 0.15) is 0 Å². The van der Waals surface area contributed by atoms with Gasteiger partial charge < -0.3 is 4.90 Å². The predicted molar refractivity (Wildman–Crippen MR) is 84.1 cm³/mol. The summed E-state index contributed by atoms with van der Waals surface area (Å²) in [6, 6.07) is 13.0. The van der Waals surface area contributed by atoms with Gasteiger partial charge >= 0.3 is 0 Å². The molecule has 3 rings (SSSR count). The molecule has 0 bridgehead atoms. The average molecular weight is 291 g/mol. The zero-order chi connectivity index (χ0) is 15.4. The monoisotopic (exact) mass is 291 g/mol. The van der Waals surface area contributed by atoms with Crippen LogP contribution in [0.1, 0.15) is 35.2 Å². The standard InChI is InChI=1S/C18H17N3O/c19-13-14-5-4-6-15(11-14)17-12-16(7-8-20-17)18(22)21-9-2-1-3-10-21/h4-8,11-12H,1-3,9-10H2. The number of benzene rings is 1. The molecule has 110 valence electrons. The Bertz CT molecular complexity index is 727. The number of nitrogens with zero attached hydrogens (tertiary/aromatic N) is 3. The first-order valence-electron chi connectivity index (χ1n) is 7.54. The van der Waals surface area contributed by atoms with Gasteiger partial charge in [-0.25, -0.2) is 0 Å². The lowest BCUT2D eigenvalue weighted by Gasteiger charge is -2.26. The van der Waals surface area contributed by atoms with Gasteiger partial charge in [0.15, 0.2) is 0 Å². The Morgan fingerprint density at radius 3 is 2.73 bits per heavy atom. The van der Waals surface area contributed by atoms with Crippen molar-refractivity contribution in [2.24, 2.45) is 0 Å². The number of pyridine rings is 1. The smallest absolute Gasteiger partial charge is 0.253 e. The molecule has 4 heteroatoms. The molecule has 1 aliphatic heterocycles. The lowest BCUT2D eigenvalue weighted by atomic mass is 10.1. The van der Waals surface area contributed by atoms with E-state index >= 15 is 0 Å². The van der Waals surface area contributed by atoms with Gasteiger partial charge in [0.05, 0.1) is 17.3 Å². The Labute approximate surface area is 130 Å². The van der Waals surface area contributed by atoms with E-state index in [1.807, 2.05) is 23.1 Å². The van der Waals surface area contributed by atoms with Crippen molar-refractivity contribution >= 4 is 5.91 Å². The van der Waals surface area contributed by atoms with E-state index in [-0.39, 0.29) is 5.91 Å². The van der Waals surface area contributed by atoms with Crippen molar-refractivity contribution in [3.63, 3.8) is 0 Å². The minimum Gasteiger partial charge on any atom is -0.339 e. The fourth-order valence-corrected chi connectivity index (χ4v) is 2.75. The Morgan fingerprint density at radius 2 is 1.95 bits per heavy atom. The molecule has 1 aromatic carbocycles. The van der Waals surface area contributed by atoms with Crippen LogP contribution in [0.4, 0.5) is 0 Å². The van der Waals surface area contributed by atoms with Crippen LogP contribution in [-0.4, -0.2) is 28.9 Å². The number of likely N-dealkylation sites (tertiary alicyclic amines) is 1. The van der Waals surface area contributed by atoms with Crippen LogP contribution in [0, 0.1) is 11.3 Å². The number of carbonyl (C=O) groups excluding carboxylic acids is 1. The molecule has 0 radical (unpaired) electrons. The van der Waals surface area contributed by atoms with E-state index in [9.17, 15) is 4.79 Å².